The average Bonchev–Trinajstić information content (AvgIpc) is 2.06. The van der Waals surface area contributed by atoms with E-state index in [0.29, 0.717) is 0 Å². The van der Waals surface area contributed by atoms with Crippen molar-refractivity contribution in [2.24, 2.45) is 0 Å². The van der Waals surface area contributed by atoms with Gasteiger partial charge in [-0.2, -0.15) is 0 Å². The van der Waals surface area contributed by atoms with Crippen molar-refractivity contribution in [1.82, 2.24) is 4.72 Å². The molecule has 0 bridgehead atoms. The lowest BCUT2D eigenvalue weighted by Crippen LogP contribution is -2.16. The van der Waals surface area contributed by atoms with E-state index < -0.39 is 0 Å². The van der Waals surface area contributed by atoms with E-state index in [9.17, 15) is 0 Å². The quantitative estimate of drug-likeness (QED) is 0.764. The van der Waals surface area contributed by atoms with Gasteiger partial charge in [-0.1, -0.05) is 36.2 Å². The molecule has 0 aliphatic heterocycles. The number of rotatable bonds is 3. The van der Waals surface area contributed by atoms with Gasteiger partial charge >= 0.3 is 0 Å². The molecule has 0 radical (unpaired) electrons. The van der Waals surface area contributed by atoms with Gasteiger partial charge in [0.15, 0.2) is 0 Å². The fourth-order valence-corrected chi connectivity index (χ4v) is 1.80. The summed E-state index contributed by atoms with van der Waals surface area (Å²) in [4.78, 5) is 0. The fourth-order valence-electron chi connectivity index (χ4n) is 1.14. The van der Waals surface area contributed by atoms with Crippen LogP contribution in [0.15, 0.2) is 24.3 Å². The van der Waals surface area contributed by atoms with E-state index in [-0.39, 0.29) is 4.75 Å². The Balaban J connectivity index is 2.43. The van der Waals surface area contributed by atoms with Gasteiger partial charge < -0.3 is 0 Å². The molecule has 78 valence electrons. The molecule has 1 nitrogen and oxygen atoms in total. The summed E-state index contributed by atoms with van der Waals surface area (Å²) in [6.07, 6.45) is 0. The van der Waals surface area contributed by atoms with Crippen molar-refractivity contribution in [2.45, 2.75) is 39.0 Å². The maximum Gasteiger partial charge on any atom is 0.0312 e. The molecule has 1 N–H and O–H groups in total. The fraction of sp³-hybridized carbons (Fsp3) is 0.500. The Kier molecular flexibility index (Phi) is 4.02. The van der Waals surface area contributed by atoms with Crippen LogP contribution in [0.4, 0.5) is 0 Å². The normalized spacial score (nSPS) is 11.7. The second kappa shape index (κ2) is 4.85. The van der Waals surface area contributed by atoms with Gasteiger partial charge in [-0.25, -0.2) is 0 Å². The molecule has 0 unspecified atom stereocenters. The zero-order valence-corrected chi connectivity index (χ0v) is 10.2. The predicted octanol–water partition coefficient (Wildman–Crippen LogP) is 3.53. The molecule has 1 rings (SSSR count). The van der Waals surface area contributed by atoms with E-state index in [0.717, 1.165) is 6.54 Å². The maximum absolute atomic E-state index is 3.40. The van der Waals surface area contributed by atoms with Crippen molar-refractivity contribution in [1.29, 1.82) is 0 Å². The van der Waals surface area contributed by atoms with Crippen LogP contribution in [-0.4, -0.2) is 4.75 Å². The second-order valence-electron chi connectivity index (χ2n) is 4.46. The molecular weight excluding hydrogens is 190 g/mol. The zero-order chi connectivity index (χ0) is 10.6. The first kappa shape index (κ1) is 11.6. The van der Waals surface area contributed by atoms with Gasteiger partial charge in [0.1, 0.15) is 0 Å². The Morgan fingerprint density at radius 3 is 2.43 bits per heavy atom. The maximum atomic E-state index is 3.40. The van der Waals surface area contributed by atoms with Crippen molar-refractivity contribution in [3.8, 4) is 0 Å². The largest absolute Gasteiger partial charge is 0.259 e. The Morgan fingerprint density at radius 2 is 1.86 bits per heavy atom. The van der Waals surface area contributed by atoms with Gasteiger partial charge in [-0.3, -0.25) is 4.72 Å². The zero-order valence-electron chi connectivity index (χ0n) is 9.42. The van der Waals surface area contributed by atoms with E-state index in [1.54, 1.807) is 11.9 Å². The highest BCUT2D eigenvalue weighted by molar-refractivity contribution is 7.98. The van der Waals surface area contributed by atoms with Crippen LogP contribution < -0.4 is 4.72 Å². The van der Waals surface area contributed by atoms with E-state index in [2.05, 4.69) is 56.7 Å². The second-order valence-corrected chi connectivity index (χ2v) is 6.18. The summed E-state index contributed by atoms with van der Waals surface area (Å²) in [7, 11) is 0. The highest BCUT2D eigenvalue weighted by Gasteiger charge is 2.09. The Morgan fingerprint density at radius 1 is 1.21 bits per heavy atom. The van der Waals surface area contributed by atoms with Crippen LogP contribution in [0.1, 0.15) is 31.9 Å². The van der Waals surface area contributed by atoms with Gasteiger partial charge in [0, 0.05) is 11.3 Å². The summed E-state index contributed by atoms with van der Waals surface area (Å²) in [5, 5.41) is 0. The molecule has 1 aromatic rings. The molecule has 0 fully saturated rings. The number of hydrogen-bond acceptors (Lipinski definition) is 2. The summed E-state index contributed by atoms with van der Waals surface area (Å²) in [5.41, 5.74) is 2.73. The van der Waals surface area contributed by atoms with Crippen LogP contribution in [0.5, 0.6) is 0 Å². The highest BCUT2D eigenvalue weighted by Crippen LogP contribution is 2.20. The molecule has 14 heavy (non-hydrogen) atoms. The van der Waals surface area contributed by atoms with Crippen molar-refractivity contribution in [3.05, 3.63) is 35.4 Å². The van der Waals surface area contributed by atoms with Crippen LogP contribution in [0.3, 0.4) is 0 Å². The third-order valence-electron chi connectivity index (χ3n) is 1.90. The minimum Gasteiger partial charge on any atom is -0.259 e. The molecule has 0 atom stereocenters. The van der Waals surface area contributed by atoms with Crippen molar-refractivity contribution < 1.29 is 0 Å². The van der Waals surface area contributed by atoms with Gasteiger partial charge in [0.05, 0.1) is 0 Å². The van der Waals surface area contributed by atoms with Gasteiger partial charge in [-0.05, 0) is 38.8 Å². The van der Waals surface area contributed by atoms with Crippen molar-refractivity contribution in [3.63, 3.8) is 0 Å². The van der Waals surface area contributed by atoms with Crippen LogP contribution in [-0.2, 0) is 6.54 Å². The monoisotopic (exact) mass is 209 g/mol. The first-order chi connectivity index (χ1) is 6.49. The Labute approximate surface area is 91.4 Å². The number of hydrogen-bond donors (Lipinski definition) is 1. The number of aryl methyl sites for hydroxylation is 1. The smallest absolute Gasteiger partial charge is 0.0312 e. The molecule has 1 aromatic carbocycles. The van der Waals surface area contributed by atoms with E-state index in [1.165, 1.54) is 11.1 Å². The van der Waals surface area contributed by atoms with Gasteiger partial charge in [0.2, 0.25) is 0 Å². The topological polar surface area (TPSA) is 12.0 Å². The molecule has 0 heterocycles. The average molecular weight is 209 g/mol. The standard InChI is InChI=1S/C12H19NS/c1-10-7-5-6-8-11(10)9-13-14-12(2,3)4/h5-8,13H,9H2,1-4H3. The summed E-state index contributed by atoms with van der Waals surface area (Å²) >= 11 is 1.79. The molecule has 0 saturated carbocycles. The van der Waals surface area contributed by atoms with Crippen LogP contribution in [0, 0.1) is 6.92 Å². The number of benzene rings is 1. The van der Waals surface area contributed by atoms with Crippen LogP contribution >= 0.6 is 11.9 Å². The lowest BCUT2D eigenvalue weighted by molar-refractivity contribution is 0.787. The third-order valence-corrected chi connectivity index (χ3v) is 2.80. The molecule has 2 heteroatoms. The van der Waals surface area contributed by atoms with Crippen LogP contribution in [0.25, 0.3) is 0 Å². The van der Waals surface area contributed by atoms with Crippen LogP contribution in [0.2, 0.25) is 0 Å². The lowest BCUT2D eigenvalue weighted by Gasteiger charge is -2.18. The number of nitrogens with one attached hydrogen (secondary N) is 1. The Hall–Kier alpha value is -0.470. The summed E-state index contributed by atoms with van der Waals surface area (Å²) in [6.45, 7) is 9.72. The molecule has 0 aromatic heterocycles. The van der Waals surface area contributed by atoms with Crippen molar-refractivity contribution >= 4 is 11.9 Å². The van der Waals surface area contributed by atoms with E-state index >= 15 is 0 Å². The molecule has 0 saturated heterocycles. The highest BCUT2D eigenvalue weighted by atomic mass is 32.2. The molecule has 0 amide bonds. The molecule has 0 aliphatic rings. The summed E-state index contributed by atoms with van der Waals surface area (Å²) in [6, 6.07) is 8.49. The van der Waals surface area contributed by atoms with Crippen molar-refractivity contribution in [2.75, 3.05) is 0 Å². The minimum absolute atomic E-state index is 0.280. The first-order valence-corrected chi connectivity index (χ1v) is 5.76. The first-order valence-electron chi connectivity index (χ1n) is 4.94. The SMILES string of the molecule is Cc1ccccc1CNSC(C)(C)C. The molecule has 0 aliphatic carbocycles. The van der Waals surface area contributed by atoms with E-state index in [4.69, 9.17) is 0 Å². The van der Waals surface area contributed by atoms with Gasteiger partial charge in [0.25, 0.3) is 0 Å². The molecule has 0 spiro atoms. The summed E-state index contributed by atoms with van der Waals surface area (Å²) < 4.78 is 3.68. The van der Waals surface area contributed by atoms with E-state index in [1.807, 2.05) is 0 Å². The molecular formula is C12H19NS. The third kappa shape index (κ3) is 4.16. The Bertz CT molecular complexity index is 289. The lowest BCUT2D eigenvalue weighted by atomic mass is 10.1. The van der Waals surface area contributed by atoms with Gasteiger partial charge in [-0.15, -0.1) is 0 Å². The summed E-state index contributed by atoms with van der Waals surface area (Å²) in [5.74, 6) is 0. The minimum atomic E-state index is 0.280. The predicted molar refractivity (Wildman–Crippen MR) is 65.4 cm³/mol.